The van der Waals surface area contributed by atoms with E-state index in [-0.39, 0.29) is 32.2 Å². The molecule has 0 saturated carbocycles. The Labute approximate surface area is 202 Å². The highest BCUT2D eigenvalue weighted by atomic mass is 32.2. The molecule has 10 heteroatoms. The van der Waals surface area contributed by atoms with Crippen LogP contribution in [0, 0.1) is 12.7 Å². The number of aromatic nitrogens is 1. The number of nitrogens with zero attached hydrogens (tertiary/aromatic N) is 1. The third-order valence-electron chi connectivity index (χ3n) is 5.30. The van der Waals surface area contributed by atoms with Gasteiger partial charge in [-0.25, -0.2) is 16.8 Å². The van der Waals surface area contributed by atoms with Crippen molar-refractivity contribution in [3.63, 3.8) is 0 Å². The molecule has 4 rings (SSSR count). The van der Waals surface area contributed by atoms with Gasteiger partial charge in [0.1, 0.15) is 17.9 Å². The smallest absolute Gasteiger partial charge is 0.268 e. The molecule has 0 aliphatic carbocycles. The average molecular weight is 517 g/mol. The summed E-state index contributed by atoms with van der Waals surface area (Å²) in [5, 5.41) is 0.437. The summed E-state index contributed by atoms with van der Waals surface area (Å²) >= 11 is 4.99. The highest BCUT2D eigenvalue weighted by Gasteiger charge is 2.29. The van der Waals surface area contributed by atoms with Gasteiger partial charge in [-0.1, -0.05) is 42.0 Å². The third-order valence-corrected chi connectivity index (χ3v) is 8.76. The summed E-state index contributed by atoms with van der Waals surface area (Å²) in [5.41, 5.74) is 7.18. The maximum Gasteiger partial charge on any atom is 0.268 e. The molecule has 0 aliphatic heterocycles. The van der Waals surface area contributed by atoms with Crippen LogP contribution in [0.1, 0.15) is 11.1 Å². The Morgan fingerprint density at radius 1 is 1.09 bits per heavy atom. The molecule has 6 nitrogen and oxygen atoms in total. The van der Waals surface area contributed by atoms with Crippen molar-refractivity contribution in [3.8, 4) is 11.5 Å². The van der Waals surface area contributed by atoms with Gasteiger partial charge in [-0.15, -0.1) is 0 Å². The van der Waals surface area contributed by atoms with Gasteiger partial charge in [0.25, 0.3) is 10.0 Å². The highest BCUT2D eigenvalue weighted by Crippen LogP contribution is 2.44. The zero-order chi connectivity index (χ0) is 24.8. The second-order valence-corrected chi connectivity index (χ2v) is 13.6. The van der Waals surface area contributed by atoms with E-state index in [1.165, 1.54) is 37.7 Å². The quantitative estimate of drug-likeness (QED) is 0.287. The lowest BCUT2D eigenvalue weighted by atomic mass is 10.2. The molecule has 1 aromatic heterocycles. The largest absolute Gasteiger partial charge is 0.453 e. The van der Waals surface area contributed by atoms with Crippen LogP contribution in [0.4, 0.5) is 4.39 Å². The van der Waals surface area contributed by atoms with E-state index in [4.69, 9.17) is 22.7 Å². The van der Waals surface area contributed by atoms with E-state index in [2.05, 4.69) is 0 Å². The molecule has 176 valence electrons. The van der Waals surface area contributed by atoms with Gasteiger partial charge >= 0.3 is 0 Å². The first-order valence-electron chi connectivity index (χ1n) is 10.2. The van der Waals surface area contributed by atoms with Crippen LogP contribution >= 0.6 is 19.4 Å². The minimum absolute atomic E-state index is 0.0589. The van der Waals surface area contributed by atoms with Crippen LogP contribution in [-0.2, 0) is 14.6 Å². The van der Waals surface area contributed by atoms with Gasteiger partial charge in [-0.05, 0) is 50.6 Å². The van der Waals surface area contributed by atoms with Crippen LogP contribution in [0.5, 0.6) is 11.5 Å². The van der Waals surface area contributed by atoms with Gasteiger partial charge in [-0.3, -0.25) is 0 Å². The summed E-state index contributed by atoms with van der Waals surface area (Å²) in [6.07, 6.45) is 1.33. The normalized spacial score (nSPS) is 12.1. The van der Waals surface area contributed by atoms with E-state index in [9.17, 15) is 13.0 Å². The van der Waals surface area contributed by atoms with Gasteiger partial charge in [0, 0.05) is 23.2 Å². The number of rotatable bonds is 6. The number of benzene rings is 3. The molecule has 34 heavy (non-hydrogen) atoms. The summed E-state index contributed by atoms with van der Waals surface area (Å²) in [7, 11) is -7.15. The minimum atomic E-state index is -4.01. The molecular weight excluding hydrogens is 494 g/mol. The fraction of sp³-hybridized carbons (Fsp3) is 0.125. The van der Waals surface area contributed by atoms with Crippen LogP contribution in [-0.4, -0.2) is 30.7 Å². The molecule has 0 aliphatic rings. The fourth-order valence-electron chi connectivity index (χ4n) is 3.69. The van der Waals surface area contributed by atoms with E-state index < -0.39 is 23.0 Å². The lowest BCUT2D eigenvalue weighted by Crippen LogP contribution is -2.15. The molecule has 2 N–H and O–H groups in total. The van der Waals surface area contributed by atoms with Crippen molar-refractivity contribution in [3.05, 3.63) is 83.8 Å². The molecule has 0 spiro atoms. The van der Waals surface area contributed by atoms with Crippen molar-refractivity contribution in [1.29, 1.82) is 0 Å². The minimum Gasteiger partial charge on any atom is -0.453 e. The Bertz CT molecular complexity index is 1590. The zero-order valence-electron chi connectivity index (χ0n) is 18.7. The second-order valence-electron chi connectivity index (χ2n) is 8.24. The number of halogens is 1. The van der Waals surface area contributed by atoms with Crippen LogP contribution in [0.3, 0.4) is 0 Å². The van der Waals surface area contributed by atoms with Crippen LogP contribution in [0.2, 0.25) is 0 Å². The Kier molecular flexibility index (Phi) is 6.14. The van der Waals surface area contributed by atoms with E-state index in [1.54, 1.807) is 36.4 Å². The topological polar surface area (TPSA) is 91.4 Å². The number of ether oxygens (including phenoxy) is 1. The molecule has 0 radical (unpaired) electrons. The first kappa shape index (κ1) is 24.1. The Morgan fingerprint density at radius 3 is 2.38 bits per heavy atom. The third kappa shape index (κ3) is 4.39. The van der Waals surface area contributed by atoms with Crippen molar-refractivity contribution in [2.45, 2.75) is 11.8 Å². The Morgan fingerprint density at radius 2 is 1.76 bits per heavy atom. The maximum atomic E-state index is 15.5. The SMILES string of the molecule is Cc1ccc(S(=O)(=O)n2ccc3c(P(C)(C)=O)c(Oc4cccc(C(N)=S)c4)c(F)cc32)cc1. The van der Waals surface area contributed by atoms with Crippen LogP contribution in [0.25, 0.3) is 10.9 Å². The fourth-order valence-corrected chi connectivity index (χ4v) is 6.56. The summed E-state index contributed by atoms with van der Waals surface area (Å²) in [5.74, 6) is -0.817. The maximum absolute atomic E-state index is 15.5. The Balaban J connectivity index is 1.93. The first-order valence-corrected chi connectivity index (χ1v) is 14.6. The molecule has 3 aromatic carbocycles. The Hall–Kier alpha value is -3.00. The predicted molar refractivity (Wildman–Crippen MR) is 137 cm³/mol. The molecular formula is C24H22FN2O4PS2. The standard InChI is InChI=1S/C24H22FN2O4PS2/c1-15-7-9-18(10-8-15)34(29,30)27-12-11-19-21(27)14-20(25)22(23(19)32(2,3)28)31-17-6-4-5-16(13-17)24(26)33/h4-14H,1-3H3,(H2,26,33). The summed E-state index contributed by atoms with van der Waals surface area (Å²) in [6, 6.07) is 15.4. The predicted octanol–water partition coefficient (Wildman–Crippen LogP) is 5.00. The van der Waals surface area contributed by atoms with Crippen molar-refractivity contribution in [2.24, 2.45) is 5.73 Å². The molecule has 1 heterocycles. The summed E-state index contributed by atoms with van der Waals surface area (Å²) < 4.78 is 62.1. The van der Waals surface area contributed by atoms with E-state index in [0.29, 0.717) is 10.9 Å². The highest BCUT2D eigenvalue weighted by molar-refractivity contribution is 7.90. The average Bonchev–Trinajstić information content (AvgIpc) is 3.17. The number of fused-ring (bicyclic) bond motifs is 1. The number of aryl methyl sites for hydroxylation is 1. The van der Waals surface area contributed by atoms with E-state index >= 15 is 4.39 Å². The molecule has 4 aromatic rings. The van der Waals surface area contributed by atoms with Crippen molar-refractivity contribution >= 4 is 50.6 Å². The molecule has 0 fully saturated rings. The number of hydrogen-bond donors (Lipinski definition) is 1. The second kappa shape index (κ2) is 8.65. The molecule has 0 atom stereocenters. The number of hydrogen-bond acceptors (Lipinski definition) is 5. The molecule has 0 amide bonds. The van der Waals surface area contributed by atoms with Crippen LogP contribution in [0.15, 0.2) is 71.8 Å². The molecule has 0 bridgehead atoms. The van der Waals surface area contributed by atoms with Gasteiger partial charge in [0.05, 0.1) is 15.7 Å². The van der Waals surface area contributed by atoms with Crippen LogP contribution < -0.4 is 15.8 Å². The monoisotopic (exact) mass is 516 g/mol. The van der Waals surface area contributed by atoms with Gasteiger partial charge in [0.2, 0.25) is 0 Å². The van der Waals surface area contributed by atoms with Gasteiger partial charge < -0.3 is 15.0 Å². The van der Waals surface area contributed by atoms with Gasteiger partial charge in [-0.2, -0.15) is 0 Å². The van der Waals surface area contributed by atoms with Crippen molar-refractivity contribution in [2.75, 3.05) is 13.3 Å². The lowest BCUT2D eigenvalue weighted by molar-refractivity contribution is 0.446. The number of nitrogens with two attached hydrogens (primary N) is 1. The van der Waals surface area contributed by atoms with Crippen molar-refractivity contribution in [1.82, 2.24) is 3.97 Å². The number of thiocarbonyl (C=S) groups is 1. The van der Waals surface area contributed by atoms with E-state index in [1.807, 2.05) is 6.92 Å². The van der Waals surface area contributed by atoms with E-state index in [0.717, 1.165) is 15.6 Å². The lowest BCUT2D eigenvalue weighted by Gasteiger charge is -2.18. The molecule has 0 unspecified atom stereocenters. The summed E-state index contributed by atoms with van der Waals surface area (Å²) in [4.78, 5) is 0.209. The van der Waals surface area contributed by atoms with Gasteiger partial charge in [0.15, 0.2) is 11.6 Å². The zero-order valence-corrected chi connectivity index (χ0v) is 21.2. The van der Waals surface area contributed by atoms with Crippen molar-refractivity contribution < 1.29 is 22.1 Å². The first-order chi connectivity index (χ1) is 15.9. The molecule has 0 saturated heterocycles. The summed E-state index contributed by atoms with van der Waals surface area (Å²) in [6.45, 7) is 4.80.